The van der Waals surface area contributed by atoms with E-state index in [0.29, 0.717) is 35.1 Å². The second-order valence-electron chi connectivity index (χ2n) is 8.67. The van der Waals surface area contributed by atoms with Gasteiger partial charge in [0.2, 0.25) is 0 Å². The highest BCUT2D eigenvalue weighted by Gasteiger charge is 2.30. The number of allylic oxidation sites excluding steroid dienone is 3. The molecule has 0 aromatic heterocycles. The molecule has 176 valence electrons. The van der Waals surface area contributed by atoms with E-state index in [4.69, 9.17) is 21.1 Å². The number of nitrogens with zero attached hydrogens (tertiary/aromatic N) is 1. The Kier molecular flexibility index (Phi) is 6.23. The van der Waals surface area contributed by atoms with Crippen LogP contribution in [0.15, 0.2) is 70.9 Å². The van der Waals surface area contributed by atoms with Crippen molar-refractivity contribution < 1.29 is 28.6 Å². The minimum atomic E-state index is -1.40. The van der Waals surface area contributed by atoms with Crippen LogP contribution in [-0.4, -0.2) is 34.0 Å². The van der Waals surface area contributed by atoms with E-state index in [1.165, 1.54) is 36.9 Å². The van der Waals surface area contributed by atoms with Crippen molar-refractivity contribution in [3.63, 3.8) is 0 Å². The van der Waals surface area contributed by atoms with Crippen LogP contribution in [-0.2, 0) is 4.79 Å². The Balaban J connectivity index is 1.51. The summed E-state index contributed by atoms with van der Waals surface area (Å²) in [4.78, 5) is 25.9. The van der Waals surface area contributed by atoms with E-state index >= 15 is 0 Å². The highest BCUT2D eigenvalue weighted by atomic mass is 35.5. The number of hydrogen-bond acceptors (Lipinski definition) is 4. The second kappa shape index (κ2) is 8.99. The molecule has 8 heteroatoms. The van der Waals surface area contributed by atoms with Crippen LogP contribution in [0.1, 0.15) is 36.2 Å². The molecule has 4 rings (SSSR count). The highest BCUT2D eigenvalue weighted by molar-refractivity contribution is 6.31. The predicted octanol–water partition coefficient (Wildman–Crippen LogP) is 5.96. The predicted molar refractivity (Wildman–Crippen MR) is 126 cm³/mol. The molecule has 34 heavy (non-hydrogen) atoms. The van der Waals surface area contributed by atoms with Gasteiger partial charge in [0.25, 0.3) is 5.91 Å². The first kappa shape index (κ1) is 23.6. The molecule has 0 radical (unpaired) electrons. The van der Waals surface area contributed by atoms with Gasteiger partial charge in [-0.1, -0.05) is 17.7 Å². The number of carbonyl (C=O) groups excluding carboxylic acids is 1. The van der Waals surface area contributed by atoms with Crippen molar-refractivity contribution in [2.75, 3.05) is 6.54 Å². The van der Waals surface area contributed by atoms with Crippen LogP contribution < -0.4 is 9.47 Å². The van der Waals surface area contributed by atoms with Gasteiger partial charge < -0.3 is 19.5 Å². The third-order valence-corrected chi connectivity index (χ3v) is 5.80. The van der Waals surface area contributed by atoms with Crippen LogP contribution in [0.5, 0.6) is 17.2 Å². The van der Waals surface area contributed by atoms with Gasteiger partial charge in [0.15, 0.2) is 5.60 Å². The average molecular weight is 484 g/mol. The molecule has 0 atom stereocenters. The van der Waals surface area contributed by atoms with Gasteiger partial charge in [0.1, 0.15) is 23.1 Å². The first-order chi connectivity index (χ1) is 16.0. The zero-order valence-electron chi connectivity index (χ0n) is 18.9. The number of benzene rings is 2. The summed E-state index contributed by atoms with van der Waals surface area (Å²) in [6.45, 7) is 5.03. The molecule has 2 aromatic carbocycles. The smallest absolute Gasteiger partial charge is 0.347 e. The molecule has 0 fully saturated rings. The minimum absolute atomic E-state index is 0.157. The van der Waals surface area contributed by atoms with Gasteiger partial charge in [-0.3, -0.25) is 4.79 Å². The molecule has 2 aliphatic rings. The molecule has 0 saturated carbocycles. The van der Waals surface area contributed by atoms with Crippen molar-refractivity contribution in [1.29, 1.82) is 0 Å². The normalized spacial score (nSPS) is 15.2. The van der Waals surface area contributed by atoms with Crippen molar-refractivity contribution in [2.24, 2.45) is 0 Å². The quantitative estimate of drug-likeness (QED) is 0.548. The number of hydrogen-bond donors (Lipinski definition) is 1. The fourth-order valence-corrected chi connectivity index (χ4v) is 3.86. The third-order valence-electron chi connectivity index (χ3n) is 5.54. The largest absolute Gasteiger partial charge is 0.478 e. The number of carbonyl (C=O) groups is 2. The third kappa shape index (κ3) is 4.99. The SMILES string of the molecule is Cc1cc(Oc2cc(F)cc(C(=O)N3C=C4CC=C(Cl)C=C4C3)c2)ccc1OC(C)(C)C(=O)O. The van der Waals surface area contributed by atoms with Crippen LogP contribution in [0.3, 0.4) is 0 Å². The lowest BCUT2D eigenvalue weighted by atomic mass is 10.0. The van der Waals surface area contributed by atoms with Gasteiger partial charge >= 0.3 is 5.97 Å². The van der Waals surface area contributed by atoms with Crippen LogP contribution in [0.2, 0.25) is 0 Å². The lowest BCUT2D eigenvalue weighted by Gasteiger charge is -2.23. The van der Waals surface area contributed by atoms with E-state index in [1.807, 2.05) is 12.2 Å². The van der Waals surface area contributed by atoms with E-state index < -0.39 is 17.4 Å². The van der Waals surface area contributed by atoms with E-state index in [-0.39, 0.29) is 17.2 Å². The van der Waals surface area contributed by atoms with Gasteiger partial charge in [0.05, 0.1) is 6.54 Å². The van der Waals surface area contributed by atoms with Crippen molar-refractivity contribution >= 4 is 23.5 Å². The summed E-state index contributed by atoms with van der Waals surface area (Å²) in [6.07, 6.45) is 6.12. The lowest BCUT2D eigenvalue weighted by molar-refractivity contribution is -0.152. The zero-order valence-corrected chi connectivity index (χ0v) is 19.6. The molecule has 2 aromatic rings. The first-order valence-corrected chi connectivity index (χ1v) is 11.0. The maximum atomic E-state index is 14.4. The number of fused-ring (bicyclic) bond motifs is 1. The standard InChI is InChI=1S/C26H23ClFNO5/c1-15-8-21(6-7-23(15)34-26(2,3)25(31)32)33-22-11-17(10-20(28)12-22)24(30)29-13-16-4-5-19(27)9-18(16)14-29/h5-13H,4,14H2,1-3H3,(H,31,32). The molecule has 6 nitrogen and oxygen atoms in total. The number of aryl methyl sites for hydroxylation is 1. The Morgan fingerprint density at radius 3 is 2.59 bits per heavy atom. The average Bonchev–Trinajstić information content (AvgIpc) is 3.17. The molecule has 1 heterocycles. The molecule has 0 spiro atoms. The molecule has 0 unspecified atom stereocenters. The molecule has 1 N–H and O–H groups in total. The lowest BCUT2D eigenvalue weighted by Crippen LogP contribution is -2.38. The Labute approximate surface area is 201 Å². The number of ether oxygens (including phenoxy) is 2. The van der Waals surface area contributed by atoms with Crippen molar-refractivity contribution in [3.8, 4) is 17.2 Å². The number of aliphatic carboxylic acids is 1. The van der Waals surface area contributed by atoms with Gasteiger partial charge in [0, 0.05) is 22.9 Å². The number of carboxylic acids is 1. The number of amides is 1. The summed E-state index contributed by atoms with van der Waals surface area (Å²) in [6, 6.07) is 8.68. The van der Waals surface area contributed by atoms with E-state index in [2.05, 4.69) is 0 Å². The van der Waals surface area contributed by atoms with Gasteiger partial charge in [-0.25, -0.2) is 9.18 Å². The molecule has 0 saturated heterocycles. The van der Waals surface area contributed by atoms with Crippen molar-refractivity contribution in [3.05, 3.63) is 87.9 Å². The maximum absolute atomic E-state index is 14.4. The molecular weight excluding hydrogens is 461 g/mol. The van der Waals surface area contributed by atoms with Crippen LogP contribution in [0.25, 0.3) is 0 Å². The Morgan fingerprint density at radius 2 is 1.88 bits per heavy atom. The number of halogens is 2. The monoisotopic (exact) mass is 483 g/mol. The zero-order chi connectivity index (χ0) is 24.6. The van der Waals surface area contributed by atoms with Crippen LogP contribution >= 0.6 is 11.6 Å². The summed E-state index contributed by atoms with van der Waals surface area (Å²) < 4.78 is 25.7. The maximum Gasteiger partial charge on any atom is 0.347 e. The molecule has 0 bridgehead atoms. The van der Waals surface area contributed by atoms with E-state index in [1.54, 1.807) is 31.3 Å². The van der Waals surface area contributed by atoms with Crippen LogP contribution in [0, 0.1) is 12.7 Å². The van der Waals surface area contributed by atoms with Crippen molar-refractivity contribution in [2.45, 2.75) is 32.8 Å². The number of carboxylic acid groups (broad SMARTS) is 1. The summed E-state index contributed by atoms with van der Waals surface area (Å²) in [5.74, 6) is -1.10. The molecular formula is C26H23ClFNO5. The molecule has 1 aliphatic heterocycles. The fraction of sp³-hybridized carbons (Fsp3) is 0.231. The number of rotatable bonds is 6. The summed E-state index contributed by atoms with van der Waals surface area (Å²) in [5, 5.41) is 9.90. The Bertz CT molecular complexity index is 1280. The summed E-state index contributed by atoms with van der Waals surface area (Å²) >= 11 is 6.07. The summed E-state index contributed by atoms with van der Waals surface area (Å²) in [7, 11) is 0. The highest BCUT2D eigenvalue weighted by Crippen LogP contribution is 2.33. The Morgan fingerprint density at radius 1 is 1.12 bits per heavy atom. The molecule has 1 aliphatic carbocycles. The van der Waals surface area contributed by atoms with Crippen LogP contribution in [0.4, 0.5) is 4.39 Å². The van der Waals surface area contributed by atoms with Crippen molar-refractivity contribution in [1.82, 2.24) is 4.90 Å². The minimum Gasteiger partial charge on any atom is -0.478 e. The molecule has 1 amide bonds. The fourth-order valence-electron chi connectivity index (χ4n) is 3.65. The summed E-state index contributed by atoms with van der Waals surface area (Å²) in [5.41, 5.74) is 1.38. The topological polar surface area (TPSA) is 76.1 Å². The van der Waals surface area contributed by atoms with E-state index in [9.17, 15) is 19.1 Å². The second-order valence-corrected chi connectivity index (χ2v) is 9.11. The van der Waals surface area contributed by atoms with Gasteiger partial charge in [-0.15, -0.1) is 0 Å². The van der Waals surface area contributed by atoms with Gasteiger partial charge in [-0.05, 0) is 80.3 Å². The Hall–Kier alpha value is -3.58. The van der Waals surface area contributed by atoms with Gasteiger partial charge in [-0.2, -0.15) is 0 Å². The van der Waals surface area contributed by atoms with E-state index in [0.717, 1.165) is 11.1 Å². The first-order valence-electron chi connectivity index (χ1n) is 10.6.